The zero-order chi connectivity index (χ0) is 11.9. The van der Waals surface area contributed by atoms with Gasteiger partial charge in [0.25, 0.3) is 0 Å². The second-order valence-electron chi connectivity index (χ2n) is 4.64. The fourth-order valence-corrected chi connectivity index (χ4v) is 1.64. The van der Waals surface area contributed by atoms with E-state index in [0.717, 1.165) is 24.5 Å². The molecule has 0 aromatic carbocycles. The van der Waals surface area contributed by atoms with Gasteiger partial charge in [0.2, 0.25) is 0 Å². The molecule has 0 atom stereocenters. The van der Waals surface area contributed by atoms with Crippen LogP contribution in [0, 0.1) is 0 Å². The number of halogens is 3. The number of hydrogen-bond acceptors (Lipinski definition) is 1. The third-order valence-electron chi connectivity index (χ3n) is 2.82. The number of alkyl halides is 3. The molecule has 4 heteroatoms. The standard InChI is InChI=1S/C12H14F3N/c1-7(2)9-5-10(8-3-4-8)16-11(6-9)12(13,14)15/h5-8H,3-4H2,1-2H3. The van der Waals surface area contributed by atoms with Crippen molar-refractivity contribution in [1.82, 2.24) is 4.98 Å². The molecule has 0 aliphatic heterocycles. The van der Waals surface area contributed by atoms with Gasteiger partial charge in [-0.1, -0.05) is 13.8 Å². The Bertz CT molecular complexity index is 371. The molecule has 0 radical (unpaired) electrons. The third kappa shape index (κ3) is 2.36. The Balaban J connectivity index is 2.44. The Morgan fingerprint density at radius 2 is 1.88 bits per heavy atom. The first-order valence-electron chi connectivity index (χ1n) is 5.47. The molecule has 16 heavy (non-hydrogen) atoms. The minimum atomic E-state index is -4.34. The van der Waals surface area contributed by atoms with Crippen molar-refractivity contribution in [2.75, 3.05) is 0 Å². The van der Waals surface area contributed by atoms with Crippen molar-refractivity contribution in [1.29, 1.82) is 0 Å². The predicted octanol–water partition coefficient (Wildman–Crippen LogP) is 4.10. The van der Waals surface area contributed by atoms with E-state index in [2.05, 4.69) is 4.98 Å². The van der Waals surface area contributed by atoms with E-state index >= 15 is 0 Å². The summed E-state index contributed by atoms with van der Waals surface area (Å²) in [7, 11) is 0. The van der Waals surface area contributed by atoms with Crippen LogP contribution in [-0.2, 0) is 6.18 Å². The second-order valence-corrected chi connectivity index (χ2v) is 4.64. The van der Waals surface area contributed by atoms with Crippen molar-refractivity contribution < 1.29 is 13.2 Å². The van der Waals surface area contributed by atoms with E-state index in [0.29, 0.717) is 5.69 Å². The largest absolute Gasteiger partial charge is 0.433 e. The number of aromatic nitrogens is 1. The third-order valence-corrected chi connectivity index (χ3v) is 2.82. The Morgan fingerprint density at radius 3 is 2.31 bits per heavy atom. The van der Waals surface area contributed by atoms with Crippen LogP contribution in [-0.4, -0.2) is 4.98 Å². The Morgan fingerprint density at radius 1 is 1.25 bits per heavy atom. The van der Waals surface area contributed by atoms with Crippen molar-refractivity contribution >= 4 is 0 Å². The summed E-state index contributed by atoms with van der Waals surface area (Å²) in [6, 6.07) is 2.98. The molecule has 0 spiro atoms. The number of nitrogens with zero attached hydrogens (tertiary/aromatic N) is 1. The molecule has 0 unspecified atom stereocenters. The van der Waals surface area contributed by atoms with E-state index < -0.39 is 11.9 Å². The normalized spacial score (nSPS) is 16.9. The first-order valence-corrected chi connectivity index (χ1v) is 5.47. The summed E-state index contributed by atoms with van der Waals surface area (Å²) in [5.74, 6) is 0.349. The molecule has 1 aromatic rings. The maximum atomic E-state index is 12.6. The van der Waals surface area contributed by atoms with Gasteiger partial charge in [0.1, 0.15) is 5.69 Å². The average Bonchev–Trinajstić information content (AvgIpc) is 2.98. The first-order chi connectivity index (χ1) is 7.38. The molecule has 1 aromatic heterocycles. The molecule has 1 saturated carbocycles. The van der Waals surface area contributed by atoms with Crippen LogP contribution in [0.5, 0.6) is 0 Å². The molecule has 1 nitrogen and oxygen atoms in total. The lowest BCUT2D eigenvalue weighted by atomic mass is 10.0. The minimum absolute atomic E-state index is 0.0987. The molecular formula is C12H14F3N. The van der Waals surface area contributed by atoms with Crippen molar-refractivity contribution in [2.45, 2.75) is 44.7 Å². The lowest BCUT2D eigenvalue weighted by Gasteiger charge is -2.12. The molecule has 1 aliphatic carbocycles. The van der Waals surface area contributed by atoms with Crippen molar-refractivity contribution in [3.8, 4) is 0 Å². The molecule has 88 valence electrons. The molecule has 0 amide bonds. The quantitative estimate of drug-likeness (QED) is 0.744. The molecule has 1 fully saturated rings. The van der Waals surface area contributed by atoms with Gasteiger partial charge in [0.05, 0.1) is 0 Å². The Labute approximate surface area is 92.7 Å². The van der Waals surface area contributed by atoms with Crippen molar-refractivity contribution in [3.63, 3.8) is 0 Å². The van der Waals surface area contributed by atoms with Gasteiger partial charge in [-0.3, -0.25) is 0 Å². The highest BCUT2D eigenvalue weighted by atomic mass is 19.4. The number of rotatable bonds is 2. The highest BCUT2D eigenvalue weighted by molar-refractivity contribution is 5.29. The van der Waals surface area contributed by atoms with Gasteiger partial charge >= 0.3 is 6.18 Å². The highest BCUT2D eigenvalue weighted by Crippen LogP contribution is 2.41. The zero-order valence-electron chi connectivity index (χ0n) is 9.30. The molecule has 0 saturated heterocycles. The Hall–Kier alpha value is -1.06. The summed E-state index contributed by atoms with van der Waals surface area (Å²) in [5.41, 5.74) is 0.586. The average molecular weight is 229 g/mol. The lowest BCUT2D eigenvalue weighted by Crippen LogP contribution is -2.10. The first kappa shape index (κ1) is 11.4. The molecule has 0 N–H and O–H groups in total. The topological polar surface area (TPSA) is 12.9 Å². The lowest BCUT2D eigenvalue weighted by molar-refractivity contribution is -0.141. The summed E-state index contributed by atoms with van der Waals surface area (Å²) in [6.45, 7) is 3.79. The monoisotopic (exact) mass is 229 g/mol. The summed E-state index contributed by atoms with van der Waals surface area (Å²) < 4.78 is 37.9. The van der Waals surface area contributed by atoms with Gasteiger partial charge in [-0.25, -0.2) is 4.98 Å². The van der Waals surface area contributed by atoms with Crippen LogP contribution in [0.4, 0.5) is 13.2 Å². The molecular weight excluding hydrogens is 215 g/mol. The van der Waals surface area contributed by atoms with Gasteiger partial charge in [0, 0.05) is 11.6 Å². The zero-order valence-corrected chi connectivity index (χ0v) is 9.30. The van der Waals surface area contributed by atoms with Crippen LogP contribution in [0.15, 0.2) is 12.1 Å². The minimum Gasteiger partial charge on any atom is -0.248 e. The Kier molecular flexibility index (Phi) is 2.68. The fourth-order valence-electron chi connectivity index (χ4n) is 1.64. The van der Waals surface area contributed by atoms with E-state index in [4.69, 9.17) is 0 Å². The molecule has 0 bridgehead atoms. The van der Waals surface area contributed by atoms with Gasteiger partial charge in [-0.2, -0.15) is 13.2 Å². The van der Waals surface area contributed by atoms with Crippen LogP contribution >= 0.6 is 0 Å². The SMILES string of the molecule is CC(C)c1cc(C2CC2)nc(C(F)(F)F)c1. The highest BCUT2D eigenvalue weighted by Gasteiger charge is 2.35. The van der Waals surface area contributed by atoms with E-state index in [-0.39, 0.29) is 11.8 Å². The smallest absolute Gasteiger partial charge is 0.248 e. The summed E-state index contributed by atoms with van der Waals surface area (Å²) in [6.07, 6.45) is -2.41. The van der Waals surface area contributed by atoms with Gasteiger partial charge < -0.3 is 0 Å². The summed E-state index contributed by atoms with van der Waals surface area (Å²) >= 11 is 0. The summed E-state index contributed by atoms with van der Waals surface area (Å²) in [5, 5.41) is 0. The summed E-state index contributed by atoms with van der Waals surface area (Å²) in [4.78, 5) is 3.72. The van der Waals surface area contributed by atoms with Gasteiger partial charge in [0.15, 0.2) is 0 Å². The predicted molar refractivity (Wildman–Crippen MR) is 55.3 cm³/mol. The van der Waals surface area contributed by atoms with Crippen LogP contribution in [0.1, 0.15) is 55.5 Å². The van der Waals surface area contributed by atoms with Crippen molar-refractivity contribution in [2.24, 2.45) is 0 Å². The van der Waals surface area contributed by atoms with Crippen LogP contribution in [0.3, 0.4) is 0 Å². The number of pyridine rings is 1. The van der Waals surface area contributed by atoms with Crippen LogP contribution < -0.4 is 0 Å². The van der Waals surface area contributed by atoms with Gasteiger partial charge in [-0.05, 0) is 36.5 Å². The van der Waals surface area contributed by atoms with E-state index in [1.165, 1.54) is 0 Å². The van der Waals surface area contributed by atoms with Crippen molar-refractivity contribution in [3.05, 3.63) is 29.1 Å². The molecule has 2 rings (SSSR count). The van der Waals surface area contributed by atoms with Crippen LogP contribution in [0.2, 0.25) is 0 Å². The van der Waals surface area contributed by atoms with Crippen LogP contribution in [0.25, 0.3) is 0 Å². The van der Waals surface area contributed by atoms with E-state index in [9.17, 15) is 13.2 Å². The van der Waals surface area contributed by atoms with Gasteiger partial charge in [-0.15, -0.1) is 0 Å². The fraction of sp³-hybridized carbons (Fsp3) is 0.583. The number of hydrogen-bond donors (Lipinski definition) is 0. The van der Waals surface area contributed by atoms with E-state index in [1.807, 2.05) is 19.9 Å². The van der Waals surface area contributed by atoms with E-state index in [1.54, 1.807) is 0 Å². The maximum absolute atomic E-state index is 12.6. The molecule has 1 aliphatic rings. The second kappa shape index (κ2) is 3.75. The molecule has 1 heterocycles. The maximum Gasteiger partial charge on any atom is 0.433 e.